The van der Waals surface area contributed by atoms with E-state index in [0.29, 0.717) is 24.5 Å². The molecule has 2 aromatic carbocycles. The largest absolute Gasteiger partial charge is 0.508 e. The molecule has 4 heteroatoms. The molecule has 0 spiro atoms. The van der Waals surface area contributed by atoms with E-state index in [9.17, 15) is 9.50 Å². The number of para-hydroxylation sites is 1. The first-order valence-corrected chi connectivity index (χ1v) is 5.91. The van der Waals surface area contributed by atoms with Crippen molar-refractivity contribution in [3.63, 3.8) is 0 Å². The zero-order valence-corrected chi connectivity index (χ0v) is 10.6. The van der Waals surface area contributed by atoms with E-state index in [4.69, 9.17) is 9.47 Å². The Bertz CT molecular complexity index is 535. The Balaban J connectivity index is 2.32. The second-order valence-corrected chi connectivity index (χ2v) is 4.04. The quantitative estimate of drug-likeness (QED) is 0.841. The summed E-state index contributed by atoms with van der Waals surface area (Å²) >= 11 is 0. The third-order valence-electron chi connectivity index (χ3n) is 2.63. The molecule has 19 heavy (non-hydrogen) atoms. The van der Waals surface area contributed by atoms with Crippen molar-refractivity contribution in [1.82, 2.24) is 0 Å². The molecule has 0 saturated carbocycles. The van der Waals surface area contributed by atoms with Crippen molar-refractivity contribution in [2.45, 2.75) is 0 Å². The van der Waals surface area contributed by atoms with Crippen LogP contribution >= 0.6 is 0 Å². The van der Waals surface area contributed by atoms with Gasteiger partial charge in [-0.3, -0.25) is 0 Å². The number of benzene rings is 2. The van der Waals surface area contributed by atoms with Gasteiger partial charge in [0.15, 0.2) is 0 Å². The average molecular weight is 262 g/mol. The van der Waals surface area contributed by atoms with Gasteiger partial charge in [0.05, 0.1) is 6.61 Å². The lowest BCUT2D eigenvalue weighted by molar-refractivity contribution is 0.146. The highest BCUT2D eigenvalue weighted by Crippen LogP contribution is 2.32. The molecule has 0 atom stereocenters. The van der Waals surface area contributed by atoms with E-state index in [0.717, 1.165) is 11.6 Å². The summed E-state index contributed by atoms with van der Waals surface area (Å²) in [5.74, 6) is 0.0351. The van der Waals surface area contributed by atoms with E-state index in [2.05, 4.69) is 0 Å². The molecule has 0 radical (unpaired) electrons. The van der Waals surface area contributed by atoms with Crippen LogP contribution in [0.5, 0.6) is 11.5 Å². The molecule has 2 aromatic rings. The van der Waals surface area contributed by atoms with Crippen LogP contribution < -0.4 is 4.74 Å². The Morgan fingerprint density at radius 3 is 2.63 bits per heavy atom. The minimum absolute atomic E-state index is 0.110. The first kappa shape index (κ1) is 13.4. The van der Waals surface area contributed by atoms with Gasteiger partial charge in [-0.25, -0.2) is 4.39 Å². The predicted octanol–water partition coefficient (Wildman–Crippen LogP) is 3.22. The van der Waals surface area contributed by atoms with Crippen LogP contribution in [-0.2, 0) is 4.74 Å². The van der Waals surface area contributed by atoms with Crippen molar-refractivity contribution >= 4 is 0 Å². The molecule has 0 fully saturated rings. The van der Waals surface area contributed by atoms with Gasteiger partial charge in [0, 0.05) is 18.7 Å². The fraction of sp³-hybridized carbons (Fsp3) is 0.200. The van der Waals surface area contributed by atoms with E-state index in [1.54, 1.807) is 13.2 Å². The molecule has 100 valence electrons. The summed E-state index contributed by atoms with van der Waals surface area (Å²) in [5.41, 5.74) is 1.30. The molecule has 1 N–H and O–H groups in total. The fourth-order valence-electron chi connectivity index (χ4n) is 1.80. The molecular weight excluding hydrogens is 247 g/mol. The lowest BCUT2D eigenvalue weighted by Gasteiger charge is -2.11. The molecule has 0 heterocycles. The van der Waals surface area contributed by atoms with Gasteiger partial charge >= 0.3 is 0 Å². The number of ether oxygens (including phenoxy) is 2. The van der Waals surface area contributed by atoms with Crippen LogP contribution in [-0.4, -0.2) is 25.4 Å². The molecule has 0 saturated heterocycles. The third-order valence-corrected chi connectivity index (χ3v) is 2.63. The third kappa shape index (κ3) is 3.45. The van der Waals surface area contributed by atoms with Gasteiger partial charge in [-0.05, 0) is 23.8 Å². The van der Waals surface area contributed by atoms with Crippen LogP contribution in [0.1, 0.15) is 0 Å². The second kappa shape index (κ2) is 6.20. The average Bonchev–Trinajstić information content (AvgIpc) is 2.38. The maximum absolute atomic E-state index is 13.3. The smallest absolute Gasteiger partial charge is 0.127 e. The number of phenols is 1. The lowest BCUT2D eigenvalue weighted by Crippen LogP contribution is -2.05. The fourth-order valence-corrected chi connectivity index (χ4v) is 1.80. The standard InChI is InChI=1S/C15H15FO3/c1-18-6-7-19-15-5-3-2-4-14(15)11-8-12(16)10-13(17)9-11/h2-5,8-10,17H,6-7H2,1H3. The summed E-state index contributed by atoms with van der Waals surface area (Å²) in [5, 5.41) is 9.46. The minimum Gasteiger partial charge on any atom is -0.508 e. The molecule has 0 aliphatic rings. The molecule has 0 aliphatic carbocycles. The molecule has 0 bridgehead atoms. The van der Waals surface area contributed by atoms with Gasteiger partial charge in [0.1, 0.15) is 23.9 Å². The molecule has 2 rings (SSSR count). The maximum Gasteiger partial charge on any atom is 0.127 e. The Labute approximate surface area is 111 Å². The van der Waals surface area contributed by atoms with E-state index in [1.165, 1.54) is 12.1 Å². The Morgan fingerprint density at radius 1 is 1.11 bits per heavy atom. The van der Waals surface area contributed by atoms with Crippen LogP contribution in [0.4, 0.5) is 4.39 Å². The van der Waals surface area contributed by atoms with Gasteiger partial charge in [-0.15, -0.1) is 0 Å². The number of hydrogen-bond donors (Lipinski definition) is 1. The lowest BCUT2D eigenvalue weighted by atomic mass is 10.0. The number of aromatic hydroxyl groups is 1. The number of methoxy groups -OCH3 is 1. The zero-order chi connectivity index (χ0) is 13.7. The number of halogens is 1. The number of hydrogen-bond acceptors (Lipinski definition) is 3. The van der Waals surface area contributed by atoms with Gasteiger partial charge in [0.2, 0.25) is 0 Å². The van der Waals surface area contributed by atoms with Crippen LogP contribution in [0, 0.1) is 5.82 Å². The highest BCUT2D eigenvalue weighted by atomic mass is 19.1. The van der Waals surface area contributed by atoms with Gasteiger partial charge in [-0.1, -0.05) is 18.2 Å². The van der Waals surface area contributed by atoms with E-state index in [1.807, 2.05) is 18.2 Å². The van der Waals surface area contributed by atoms with E-state index in [-0.39, 0.29) is 5.75 Å². The van der Waals surface area contributed by atoms with Gasteiger partial charge in [-0.2, -0.15) is 0 Å². The SMILES string of the molecule is COCCOc1ccccc1-c1cc(O)cc(F)c1. The monoisotopic (exact) mass is 262 g/mol. The Hall–Kier alpha value is -2.07. The minimum atomic E-state index is -0.485. The van der Waals surface area contributed by atoms with Gasteiger partial charge < -0.3 is 14.6 Å². The van der Waals surface area contributed by atoms with Crippen molar-refractivity contribution in [2.75, 3.05) is 20.3 Å². The zero-order valence-electron chi connectivity index (χ0n) is 10.6. The summed E-state index contributed by atoms with van der Waals surface area (Å²) in [6, 6.07) is 11.2. The van der Waals surface area contributed by atoms with Crippen LogP contribution in [0.25, 0.3) is 11.1 Å². The number of rotatable bonds is 5. The molecule has 0 amide bonds. The van der Waals surface area contributed by atoms with Gasteiger partial charge in [0.25, 0.3) is 0 Å². The highest BCUT2D eigenvalue weighted by Gasteiger charge is 2.08. The summed E-state index contributed by atoms with van der Waals surface area (Å²) < 4.78 is 23.8. The molecular formula is C15H15FO3. The molecule has 0 aliphatic heterocycles. The van der Waals surface area contributed by atoms with Crippen LogP contribution in [0.2, 0.25) is 0 Å². The summed E-state index contributed by atoms with van der Waals surface area (Å²) in [6.07, 6.45) is 0. The van der Waals surface area contributed by atoms with Crippen LogP contribution in [0.15, 0.2) is 42.5 Å². The predicted molar refractivity (Wildman–Crippen MR) is 70.9 cm³/mol. The van der Waals surface area contributed by atoms with Crippen molar-refractivity contribution in [3.8, 4) is 22.6 Å². The van der Waals surface area contributed by atoms with Crippen molar-refractivity contribution < 1.29 is 19.0 Å². The Morgan fingerprint density at radius 2 is 1.89 bits per heavy atom. The van der Waals surface area contributed by atoms with E-state index < -0.39 is 5.82 Å². The van der Waals surface area contributed by atoms with Crippen molar-refractivity contribution in [3.05, 3.63) is 48.3 Å². The topological polar surface area (TPSA) is 38.7 Å². The number of phenolic OH excluding ortho intramolecular Hbond substituents is 1. The normalized spacial score (nSPS) is 10.4. The van der Waals surface area contributed by atoms with E-state index >= 15 is 0 Å². The Kier molecular flexibility index (Phi) is 4.36. The highest BCUT2D eigenvalue weighted by molar-refractivity contribution is 5.71. The summed E-state index contributed by atoms with van der Waals surface area (Å²) in [7, 11) is 1.60. The second-order valence-electron chi connectivity index (χ2n) is 4.04. The van der Waals surface area contributed by atoms with Crippen LogP contribution in [0.3, 0.4) is 0 Å². The first-order chi connectivity index (χ1) is 9.20. The first-order valence-electron chi connectivity index (χ1n) is 5.91. The molecule has 3 nitrogen and oxygen atoms in total. The van der Waals surface area contributed by atoms with Crippen molar-refractivity contribution in [1.29, 1.82) is 0 Å². The van der Waals surface area contributed by atoms with Crippen molar-refractivity contribution in [2.24, 2.45) is 0 Å². The molecule has 0 aromatic heterocycles. The summed E-state index contributed by atoms with van der Waals surface area (Å²) in [4.78, 5) is 0. The molecule has 0 unspecified atom stereocenters. The summed E-state index contributed by atoms with van der Waals surface area (Å²) in [6.45, 7) is 0.886. The maximum atomic E-state index is 13.3.